The number of rotatable bonds is 6. The van der Waals surface area contributed by atoms with E-state index < -0.39 is 0 Å². The van der Waals surface area contributed by atoms with Crippen molar-refractivity contribution < 1.29 is 9.59 Å². The molecule has 2 aromatic rings. The molecule has 33 heavy (non-hydrogen) atoms. The molecule has 1 atom stereocenters. The van der Waals surface area contributed by atoms with E-state index >= 15 is 0 Å². The van der Waals surface area contributed by atoms with Crippen LogP contribution in [0.25, 0.3) is 0 Å². The van der Waals surface area contributed by atoms with Crippen LogP contribution in [0.5, 0.6) is 0 Å². The minimum atomic E-state index is 0.148. The maximum absolute atomic E-state index is 12.9. The van der Waals surface area contributed by atoms with E-state index in [1.807, 2.05) is 22.8 Å². The van der Waals surface area contributed by atoms with Crippen molar-refractivity contribution in [2.45, 2.75) is 70.6 Å². The number of nitrogens with zero attached hydrogens (tertiary/aromatic N) is 4. The lowest BCUT2D eigenvalue weighted by atomic mass is 9.83. The van der Waals surface area contributed by atoms with Crippen molar-refractivity contribution in [3.63, 3.8) is 0 Å². The van der Waals surface area contributed by atoms with Crippen LogP contribution < -0.4 is 4.90 Å². The molecule has 6 heteroatoms. The molecular formula is C27H34N4O2. The Labute approximate surface area is 196 Å². The first kappa shape index (κ1) is 22.1. The van der Waals surface area contributed by atoms with Crippen LogP contribution in [0.3, 0.4) is 0 Å². The van der Waals surface area contributed by atoms with E-state index in [1.165, 1.54) is 12.0 Å². The molecule has 1 aromatic carbocycles. The molecule has 2 amide bonds. The summed E-state index contributed by atoms with van der Waals surface area (Å²) in [6.45, 7) is 4.27. The molecule has 5 rings (SSSR count). The van der Waals surface area contributed by atoms with Gasteiger partial charge in [0, 0.05) is 49.1 Å². The number of piperidine rings is 1. The number of likely N-dealkylation sites (tertiary alicyclic amines) is 1. The minimum Gasteiger partial charge on any atom is -0.342 e. The number of carbonyl (C=O) groups is 2. The van der Waals surface area contributed by atoms with Gasteiger partial charge in [0.25, 0.3) is 0 Å². The summed E-state index contributed by atoms with van der Waals surface area (Å²) >= 11 is 0. The van der Waals surface area contributed by atoms with Crippen LogP contribution in [0.2, 0.25) is 0 Å². The van der Waals surface area contributed by atoms with Gasteiger partial charge in [0.1, 0.15) is 11.6 Å². The quantitative estimate of drug-likeness (QED) is 0.667. The molecule has 3 heterocycles. The Morgan fingerprint density at radius 2 is 1.88 bits per heavy atom. The third kappa shape index (κ3) is 4.66. The Bertz CT molecular complexity index is 1020. The molecule has 0 bridgehead atoms. The van der Waals surface area contributed by atoms with E-state index in [1.54, 1.807) is 0 Å². The van der Waals surface area contributed by atoms with Crippen molar-refractivity contribution in [1.29, 1.82) is 0 Å². The van der Waals surface area contributed by atoms with E-state index in [0.29, 0.717) is 31.8 Å². The van der Waals surface area contributed by atoms with E-state index in [-0.39, 0.29) is 17.7 Å². The van der Waals surface area contributed by atoms with Gasteiger partial charge in [-0.2, -0.15) is 0 Å². The number of benzene rings is 1. The van der Waals surface area contributed by atoms with Crippen molar-refractivity contribution in [2.75, 3.05) is 24.5 Å². The first-order valence-corrected chi connectivity index (χ1v) is 12.6. The number of hydrogen-bond donors (Lipinski definition) is 0. The Kier molecular flexibility index (Phi) is 6.43. The third-order valence-electron chi connectivity index (χ3n) is 7.60. The second kappa shape index (κ2) is 9.62. The molecule has 0 radical (unpaired) electrons. The molecule has 1 aromatic heterocycles. The zero-order valence-corrected chi connectivity index (χ0v) is 19.6. The second-order valence-corrected chi connectivity index (χ2v) is 9.86. The largest absolute Gasteiger partial charge is 0.342 e. The lowest BCUT2D eigenvalue weighted by molar-refractivity contribution is -0.139. The van der Waals surface area contributed by atoms with Gasteiger partial charge in [0.05, 0.1) is 0 Å². The number of hydrogen-bond acceptors (Lipinski definition) is 4. The molecular weight excluding hydrogens is 412 g/mol. The first-order chi connectivity index (χ1) is 16.1. The number of carbonyl (C=O) groups excluding carboxylic acids is 2. The van der Waals surface area contributed by atoms with E-state index in [2.05, 4.69) is 24.3 Å². The topological polar surface area (TPSA) is 66.4 Å². The predicted molar refractivity (Wildman–Crippen MR) is 128 cm³/mol. The Morgan fingerprint density at radius 3 is 2.64 bits per heavy atom. The van der Waals surface area contributed by atoms with E-state index in [0.717, 1.165) is 68.0 Å². The SMILES string of the molecule is Cc1nc(C2CCCN(C(=O)C3CCC3)C2)nc2c1CCC(=O)N2CCCc1ccccc1. The summed E-state index contributed by atoms with van der Waals surface area (Å²) in [5.74, 6) is 2.47. The number of amides is 2. The van der Waals surface area contributed by atoms with Crippen molar-refractivity contribution in [2.24, 2.45) is 5.92 Å². The molecule has 6 nitrogen and oxygen atoms in total. The summed E-state index contributed by atoms with van der Waals surface area (Å²) in [7, 11) is 0. The van der Waals surface area contributed by atoms with Gasteiger partial charge in [-0.3, -0.25) is 14.5 Å². The van der Waals surface area contributed by atoms with Crippen molar-refractivity contribution >= 4 is 17.6 Å². The fraction of sp³-hybridized carbons (Fsp3) is 0.556. The maximum atomic E-state index is 12.9. The number of anilines is 1. The Morgan fingerprint density at radius 1 is 1.06 bits per heavy atom. The number of fused-ring (bicyclic) bond motifs is 1. The Balaban J connectivity index is 1.33. The molecule has 2 fully saturated rings. The normalized spacial score (nSPS) is 21.0. The van der Waals surface area contributed by atoms with Crippen LogP contribution in [0.1, 0.15) is 73.5 Å². The monoisotopic (exact) mass is 446 g/mol. The highest BCUT2D eigenvalue weighted by Crippen LogP contribution is 2.34. The smallest absolute Gasteiger partial charge is 0.228 e. The molecule has 174 valence electrons. The summed E-state index contributed by atoms with van der Waals surface area (Å²) in [6, 6.07) is 10.4. The van der Waals surface area contributed by atoms with Gasteiger partial charge >= 0.3 is 0 Å². The molecule has 0 spiro atoms. The van der Waals surface area contributed by atoms with Crippen LogP contribution in [0.15, 0.2) is 30.3 Å². The van der Waals surface area contributed by atoms with Gasteiger partial charge in [-0.05, 0) is 57.4 Å². The van der Waals surface area contributed by atoms with Crippen LogP contribution in [-0.4, -0.2) is 46.3 Å². The van der Waals surface area contributed by atoms with Crippen molar-refractivity contribution in [1.82, 2.24) is 14.9 Å². The number of aryl methyl sites for hydroxylation is 2. The highest BCUT2D eigenvalue weighted by molar-refractivity contribution is 5.95. The zero-order valence-electron chi connectivity index (χ0n) is 19.6. The van der Waals surface area contributed by atoms with Gasteiger partial charge < -0.3 is 4.90 Å². The summed E-state index contributed by atoms with van der Waals surface area (Å²) in [4.78, 5) is 39.5. The molecule has 1 unspecified atom stereocenters. The van der Waals surface area contributed by atoms with Gasteiger partial charge in [0.15, 0.2) is 0 Å². The fourth-order valence-electron chi connectivity index (χ4n) is 5.40. The standard InChI is InChI=1S/C27H34N4O2/c1-19-23-14-15-24(32)31(17-6-10-20-8-3-2-4-9-20)26(23)29-25(28-19)22-13-7-16-30(18-22)27(33)21-11-5-12-21/h2-4,8-9,21-22H,5-7,10-18H2,1H3. The molecule has 1 saturated heterocycles. The zero-order chi connectivity index (χ0) is 22.8. The van der Waals surface area contributed by atoms with Crippen molar-refractivity contribution in [3.8, 4) is 0 Å². The summed E-state index contributed by atoms with van der Waals surface area (Å²) < 4.78 is 0. The lowest BCUT2D eigenvalue weighted by Crippen LogP contribution is -2.44. The third-order valence-corrected chi connectivity index (χ3v) is 7.60. The number of aromatic nitrogens is 2. The van der Waals surface area contributed by atoms with Crippen LogP contribution >= 0.6 is 0 Å². The molecule has 2 aliphatic heterocycles. The van der Waals surface area contributed by atoms with Gasteiger partial charge in [-0.1, -0.05) is 36.8 Å². The summed E-state index contributed by atoms with van der Waals surface area (Å²) in [5.41, 5.74) is 3.38. The fourth-order valence-corrected chi connectivity index (χ4v) is 5.40. The van der Waals surface area contributed by atoms with E-state index in [9.17, 15) is 9.59 Å². The Hall–Kier alpha value is -2.76. The van der Waals surface area contributed by atoms with Crippen LogP contribution in [-0.2, 0) is 22.4 Å². The average molecular weight is 447 g/mol. The second-order valence-electron chi connectivity index (χ2n) is 9.86. The van der Waals surface area contributed by atoms with Gasteiger partial charge in [0.2, 0.25) is 11.8 Å². The van der Waals surface area contributed by atoms with Crippen LogP contribution in [0.4, 0.5) is 5.82 Å². The average Bonchev–Trinajstić information content (AvgIpc) is 2.80. The predicted octanol–water partition coefficient (Wildman–Crippen LogP) is 4.20. The van der Waals surface area contributed by atoms with Crippen LogP contribution in [0, 0.1) is 12.8 Å². The first-order valence-electron chi connectivity index (χ1n) is 12.6. The van der Waals surface area contributed by atoms with E-state index in [4.69, 9.17) is 9.97 Å². The van der Waals surface area contributed by atoms with Gasteiger partial charge in [-0.25, -0.2) is 9.97 Å². The minimum absolute atomic E-state index is 0.148. The molecule has 1 saturated carbocycles. The maximum Gasteiger partial charge on any atom is 0.228 e. The lowest BCUT2D eigenvalue weighted by Gasteiger charge is -2.37. The molecule has 3 aliphatic rings. The van der Waals surface area contributed by atoms with Gasteiger partial charge in [-0.15, -0.1) is 0 Å². The summed E-state index contributed by atoms with van der Waals surface area (Å²) in [5, 5.41) is 0. The van der Waals surface area contributed by atoms with Crippen molar-refractivity contribution in [3.05, 3.63) is 53.0 Å². The highest BCUT2D eigenvalue weighted by atomic mass is 16.2. The molecule has 1 aliphatic carbocycles. The molecule has 0 N–H and O–H groups in total. The highest BCUT2D eigenvalue weighted by Gasteiger charge is 2.34. The summed E-state index contributed by atoms with van der Waals surface area (Å²) in [6.07, 6.45) is 8.31.